The van der Waals surface area contributed by atoms with E-state index in [1.807, 2.05) is 0 Å². The number of likely N-dealkylation sites (N-methyl/N-ethyl adjacent to an activating group) is 1. The lowest BCUT2D eigenvalue weighted by molar-refractivity contribution is -0.811. The second-order valence-corrected chi connectivity index (χ2v) is 14.9. The molecule has 270 valence electrons. The minimum absolute atomic E-state index is 0.229. The Kier molecular flexibility index (Phi) is 30.2. The second kappa shape index (κ2) is 32.4. The van der Waals surface area contributed by atoms with Crippen LogP contribution in [0, 0.1) is 0 Å². The zero-order valence-electron chi connectivity index (χ0n) is 31.7. The third-order valence-electron chi connectivity index (χ3n) is 10.3. The van der Waals surface area contributed by atoms with Gasteiger partial charge in [-0.15, -0.1) is 0 Å². The Hall–Kier alpha value is -1.16. The maximum Gasteiger partial charge on any atom is 0.222 e. The van der Waals surface area contributed by atoms with Crippen molar-refractivity contribution in [1.29, 1.82) is 0 Å². The van der Waals surface area contributed by atoms with Crippen LogP contribution in [-0.2, 0) is 4.79 Å². The first-order valence-electron chi connectivity index (χ1n) is 20.9. The van der Waals surface area contributed by atoms with E-state index < -0.39 is 0 Å². The summed E-state index contributed by atoms with van der Waals surface area (Å²) in [5, 5.41) is 3.20. The fourth-order valence-electron chi connectivity index (χ4n) is 6.96. The predicted molar refractivity (Wildman–Crippen MR) is 205 cm³/mol. The van der Waals surface area contributed by atoms with E-state index in [0.717, 1.165) is 43.5 Å². The van der Waals surface area contributed by atoms with Gasteiger partial charge in [0, 0.05) is 12.5 Å². The highest BCUT2D eigenvalue weighted by atomic mass is 16.1. The molecule has 1 atom stereocenters. The summed E-state index contributed by atoms with van der Waals surface area (Å²) in [6, 6.07) is 0. The van der Waals surface area contributed by atoms with E-state index in [1.54, 1.807) is 0 Å². The Balaban J connectivity index is 1.94. The first kappa shape index (κ1) is 42.9. The Labute approximate surface area is 289 Å². The molecule has 1 aliphatic rings. The lowest BCUT2D eigenvalue weighted by atomic mass is 10.0. The molecule has 4 nitrogen and oxygen atoms in total. The molecule has 0 fully saturated rings. The fraction of sp³-hybridized carbons (Fsp3) is 0.905. The van der Waals surface area contributed by atoms with Crippen molar-refractivity contribution in [2.24, 2.45) is 4.99 Å². The van der Waals surface area contributed by atoms with E-state index in [2.05, 4.69) is 38.4 Å². The summed E-state index contributed by atoms with van der Waals surface area (Å²) in [5.74, 6) is 1.43. The number of quaternary nitrogens is 1. The van der Waals surface area contributed by atoms with Crippen molar-refractivity contribution in [3.05, 3.63) is 12.2 Å². The summed E-state index contributed by atoms with van der Waals surface area (Å²) in [5.41, 5.74) is 0. The standard InChI is InChI=1S/C42H81N3O/c1-4-6-8-10-12-14-16-18-20-22-23-25-27-29-31-33-35-41-43-37-39-45(41,3)40-38-44-42(46)36-34-32-30-28-26-24-21-19-17-15-13-11-9-7-5-2/h33,35H,4-32,34,36-40H2,1-3H3/p+1. The number of nitrogens with one attached hydrogen (secondary N) is 1. The van der Waals surface area contributed by atoms with Crippen molar-refractivity contribution < 1.29 is 9.28 Å². The van der Waals surface area contributed by atoms with Gasteiger partial charge >= 0.3 is 0 Å². The average molecular weight is 645 g/mol. The third-order valence-corrected chi connectivity index (χ3v) is 10.3. The quantitative estimate of drug-likeness (QED) is 0.0541. The minimum atomic E-state index is 0.229. The summed E-state index contributed by atoms with van der Waals surface area (Å²) in [4.78, 5) is 17.2. The zero-order valence-corrected chi connectivity index (χ0v) is 31.7. The maximum atomic E-state index is 12.4. The molecule has 0 aromatic heterocycles. The van der Waals surface area contributed by atoms with E-state index in [4.69, 9.17) is 4.99 Å². The summed E-state index contributed by atoms with van der Waals surface area (Å²) in [7, 11) is 2.28. The van der Waals surface area contributed by atoms with Gasteiger partial charge in [0.1, 0.15) is 13.1 Å². The van der Waals surface area contributed by atoms with Crippen molar-refractivity contribution in [1.82, 2.24) is 5.32 Å². The van der Waals surface area contributed by atoms with Crippen LogP contribution in [0.25, 0.3) is 0 Å². The topological polar surface area (TPSA) is 41.5 Å². The summed E-state index contributed by atoms with van der Waals surface area (Å²) in [6.07, 6.45) is 46.6. The highest BCUT2D eigenvalue weighted by Gasteiger charge is 2.31. The van der Waals surface area contributed by atoms with Gasteiger partial charge in [0.25, 0.3) is 0 Å². The highest BCUT2D eigenvalue weighted by Crippen LogP contribution is 2.16. The number of amides is 1. The monoisotopic (exact) mass is 645 g/mol. The molecule has 0 aliphatic carbocycles. The lowest BCUT2D eigenvalue weighted by Gasteiger charge is -2.28. The van der Waals surface area contributed by atoms with Crippen LogP contribution in [0.1, 0.15) is 213 Å². The molecule has 0 aromatic rings. The molecule has 1 unspecified atom stereocenters. The Bertz CT molecular complexity index is 732. The van der Waals surface area contributed by atoms with Crippen LogP contribution in [0.3, 0.4) is 0 Å². The van der Waals surface area contributed by atoms with Crippen LogP contribution in [-0.4, -0.2) is 49.5 Å². The summed E-state index contributed by atoms with van der Waals surface area (Å²) >= 11 is 0. The van der Waals surface area contributed by atoms with E-state index >= 15 is 0 Å². The summed E-state index contributed by atoms with van der Waals surface area (Å²) < 4.78 is 0.856. The van der Waals surface area contributed by atoms with Gasteiger partial charge in [-0.1, -0.05) is 193 Å². The van der Waals surface area contributed by atoms with Gasteiger partial charge < -0.3 is 5.32 Å². The van der Waals surface area contributed by atoms with Gasteiger partial charge in [-0.05, 0) is 19.3 Å². The van der Waals surface area contributed by atoms with E-state index in [1.165, 1.54) is 186 Å². The molecular weight excluding hydrogens is 562 g/mol. The molecule has 1 rings (SSSR count). The second-order valence-electron chi connectivity index (χ2n) is 14.9. The molecule has 1 heterocycles. The molecule has 0 saturated carbocycles. The molecule has 0 bridgehead atoms. The number of hydrogen-bond acceptors (Lipinski definition) is 2. The average Bonchev–Trinajstić information content (AvgIpc) is 3.42. The predicted octanol–water partition coefficient (Wildman–Crippen LogP) is 12.7. The Morgan fingerprint density at radius 1 is 0.609 bits per heavy atom. The molecule has 0 radical (unpaired) electrons. The fourth-order valence-corrected chi connectivity index (χ4v) is 6.96. The van der Waals surface area contributed by atoms with Gasteiger partial charge in [-0.25, -0.2) is 4.99 Å². The highest BCUT2D eigenvalue weighted by molar-refractivity contribution is 5.88. The largest absolute Gasteiger partial charge is 0.350 e. The third kappa shape index (κ3) is 25.9. The molecule has 1 amide bonds. The smallest absolute Gasteiger partial charge is 0.222 e. The van der Waals surface area contributed by atoms with Crippen LogP contribution in [0.5, 0.6) is 0 Å². The molecule has 1 N–H and O–H groups in total. The van der Waals surface area contributed by atoms with Gasteiger partial charge in [0.15, 0.2) is 0 Å². The molecule has 0 saturated heterocycles. The Morgan fingerprint density at radius 3 is 1.43 bits per heavy atom. The number of amidine groups is 1. The van der Waals surface area contributed by atoms with E-state index in [0.29, 0.717) is 6.42 Å². The Morgan fingerprint density at radius 2 is 1.00 bits per heavy atom. The molecule has 46 heavy (non-hydrogen) atoms. The number of carbonyl (C=O) groups excluding carboxylic acids is 1. The normalized spacial score (nSPS) is 16.5. The van der Waals surface area contributed by atoms with Gasteiger partial charge in [-0.2, -0.15) is 0 Å². The van der Waals surface area contributed by atoms with Crippen LogP contribution in [0.2, 0.25) is 0 Å². The van der Waals surface area contributed by atoms with Gasteiger partial charge in [0.2, 0.25) is 11.7 Å². The van der Waals surface area contributed by atoms with Crippen molar-refractivity contribution in [2.75, 3.05) is 33.2 Å². The first-order valence-corrected chi connectivity index (χ1v) is 20.9. The van der Waals surface area contributed by atoms with Crippen molar-refractivity contribution in [3.8, 4) is 0 Å². The SMILES string of the molecule is CCCCCCCCCCCCCCCCC=CC1=NCC[N+]1(C)CCNC(=O)CCCCCCCCCCCCCCCCC. The number of hydrogen-bond donors (Lipinski definition) is 1. The number of carbonyl (C=O) groups is 1. The lowest BCUT2D eigenvalue weighted by Crippen LogP contribution is -2.50. The van der Waals surface area contributed by atoms with Crippen LogP contribution < -0.4 is 5.32 Å². The number of rotatable bonds is 35. The van der Waals surface area contributed by atoms with Gasteiger partial charge in [0.05, 0.1) is 20.1 Å². The first-order chi connectivity index (χ1) is 22.6. The van der Waals surface area contributed by atoms with Crippen LogP contribution >= 0.6 is 0 Å². The van der Waals surface area contributed by atoms with E-state index in [-0.39, 0.29) is 5.91 Å². The van der Waals surface area contributed by atoms with E-state index in [9.17, 15) is 4.79 Å². The molecule has 0 spiro atoms. The molecule has 0 aromatic carbocycles. The summed E-state index contributed by atoms with van der Waals surface area (Å²) in [6.45, 7) is 8.23. The van der Waals surface area contributed by atoms with Crippen molar-refractivity contribution >= 4 is 11.7 Å². The molecular formula is C42H82N3O+. The minimum Gasteiger partial charge on any atom is -0.350 e. The number of aliphatic imine (C=N–C) groups is 1. The van der Waals surface area contributed by atoms with Crippen LogP contribution in [0.15, 0.2) is 17.1 Å². The van der Waals surface area contributed by atoms with Crippen LogP contribution in [0.4, 0.5) is 0 Å². The molecule has 4 heteroatoms. The van der Waals surface area contributed by atoms with Gasteiger partial charge in [-0.3, -0.25) is 9.28 Å². The number of unbranched alkanes of at least 4 members (excludes halogenated alkanes) is 28. The number of nitrogens with zero attached hydrogens (tertiary/aromatic N) is 2. The maximum absolute atomic E-state index is 12.4. The zero-order chi connectivity index (χ0) is 33.2. The van der Waals surface area contributed by atoms with Crippen molar-refractivity contribution in [3.63, 3.8) is 0 Å². The van der Waals surface area contributed by atoms with Crippen molar-refractivity contribution in [2.45, 2.75) is 213 Å². The molecule has 1 aliphatic heterocycles. The number of allylic oxidation sites excluding steroid dienone is 1.